The lowest BCUT2D eigenvalue weighted by molar-refractivity contribution is 0.708. The van der Waals surface area contributed by atoms with Crippen molar-refractivity contribution in [2.24, 2.45) is 0 Å². The zero-order chi connectivity index (χ0) is 14.4. The molecule has 1 rings (SSSR count). The average Bonchev–Trinajstić information content (AvgIpc) is 2.13. The maximum absolute atomic E-state index is 2.38. The molecule has 0 unspecified atom stereocenters. The van der Waals surface area contributed by atoms with Gasteiger partial charge in [0.2, 0.25) is 0 Å². The van der Waals surface area contributed by atoms with E-state index in [-0.39, 0.29) is 15.9 Å². The van der Waals surface area contributed by atoms with Gasteiger partial charge in [0.15, 0.2) is 0 Å². The van der Waals surface area contributed by atoms with Gasteiger partial charge < -0.3 is 0 Å². The monoisotopic (exact) mass is 240 g/mol. The van der Waals surface area contributed by atoms with E-state index in [1.54, 1.807) is 0 Å². The minimum atomic E-state index is 0.210. The lowest BCUT2D eigenvalue weighted by Gasteiger charge is -2.29. The molecule has 0 amide bonds. The van der Waals surface area contributed by atoms with Crippen LogP contribution in [0.2, 0.25) is 0 Å². The Morgan fingerprint density at radius 1 is 0.556 bits per heavy atom. The zero-order valence-electron chi connectivity index (χ0n) is 13.7. The summed E-state index contributed by atoms with van der Waals surface area (Å²) in [5.74, 6) is 0. The quantitative estimate of drug-likeness (QED) is 0.698. The molecular formula is C15H27B3. The second-order valence-electron chi connectivity index (χ2n) is 8.55. The number of hydrogen-bond acceptors (Lipinski definition) is 0. The van der Waals surface area contributed by atoms with Gasteiger partial charge >= 0.3 is 0 Å². The Hall–Kier alpha value is -0.585. The molecule has 0 spiro atoms. The number of hydrogen-bond donors (Lipinski definition) is 0. The van der Waals surface area contributed by atoms with Crippen molar-refractivity contribution in [1.82, 2.24) is 0 Å². The van der Waals surface area contributed by atoms with Crippen molar-refractivity contribution in [2.45, 2.75) is 57.5 Å². The number of rotatable bonds is 3. The predicted molar refractivity (Wildman–Crippen MR) is 91.2 cm³/mol. The molecule has 0 heterocycles. The summed E-state index contributed by atoms with van der Waals surface area (Å²) in [6, 6.07) is 7.15. The van der Waals surface area contributed by atoms with Gasteiger partial charge in [-0.1, -0.05) is 59.7 Å². The average molecular weight is 240 g/mol. The van der Waals surface area contributed by atoms with E-state index >= 15 is 0 Å². The third-order valence-corrected chi connectivity index (χ3v) is 3.53. The molecule has 0 fully saturated rings. The Kier molecular flexibility index (Phi) is 3.87. The van der Waals surface area contributed by atoms with Crippen LogP contribution >= 0.6 is 0 Å². The van der Waals surface area contributed by atoms with E-state index < -0.39 is 0 Å². The molecular weight excluding hydrogens is 213 g/mol. The molecule has 0 N–H and O–H groups in total. The molecule has 0 saturated heterocycles. The Balaban J connectivity index is 3.49. The second kappa shape index (κ2) is 4.51. The summed E-state index contributed by atoms with van der Waals surface area (Å²) < 4.78 is 0. The van der Waals surface area contributed by atoms with Crippen molar-refractivity contribution in [2.75, 3.05) is 0 Å². The van der Waals surface area contributed by atoms with Gasteiger partial charge in [-0.05, 0) is 32.6 Å². The van der Waals surface area contributed by atoms with Crippen LogP contribution in [0.3, 0.4) is 0 Å². The van der Waals surface area contributed by atoms with E-state index in [9.17, 15) is 0 Å². The van der Waals surface area contributed by atoms with Crippen LogP contribution in [0, 0.1) is 0 Å². The normalized spacial score (nSPS) is 13.7. The lowest BCUT2D eigenvalue weighted by Crippen LogP contribution is -2.25. The van der Waals surface area contributed by atoms with Gasteiger partial charge in [0.05, 0.1) is 0 Å². The molecule has 18 heavy (non-hydrogen) atoms. The maximum Gasteiger partial charge on any atom is 0.114 e. The van der Waals surface area contributed by atoms with Crippen molar-refractivity contribution in [3.8, 4) is 0 Å². The molecule has 0 atom stereocenters. The van der Waals surface area contributed by atoms with Crippen molar-refractivity contribution in [3.63, 3.8) is 0 Å². The SMILES string of the molecule is BC(C)(C)c1cc(C(B)(C)C)cc(C(B)(C)C)c1. The molecule has 1 aromatic carbocycles. The molecule has 96 valence electrons. The van der Waals surface area contributed by atoms with Gasteiger partial charge in [0, 0.05) is 0 Å². The Morgan fingerprint density at radius 3 is 0.833 bits per heavy atom. The predicted octanol–water partition coefficient (Wildman–Crippen LogP) is 1.29. The Bertz CT molecular complexity index is 350. The maximum atomic E-state index is 2.38. The zero-order valence-corrected chi connectivity index (χ0v) is 13.7. The highest BCUT2D eigenvalue weighted by Gasteiger charge is 2.23. The minimum absolute atomic E-state index is 0.210. The van der Waals surface area contributed by atoms with Gasteiger partial charge in [0.25, 0.3) is 0 Å². The van der Waals surface area contributed by atoms with Crippen LogP contribution in [-0.4, -0.2) is 23.5 Å². The van der Waals surface area contributed by atoms with Crippen molar-refractivity contribution >= 4 is 23.5 Å². The van der Waals surface area contributed by atoms with E-state index in [1.807, 2.05) is 0 Å². The fourth-order valence-corrected chi connectivity index (χ4v) is 1.93. The van der Waals surface area contributed by atoms with Crippen LogP contribution < -0.4 is 0 Å². The van der Waals surface area contributed by atoms with Crippen LogP contribution in [0.1, 0.15) is 58.2 Å². The van der Waals surface area contributed by atoms with Gasteiger partial charge in [0.1, 0.15) is 23.5 Å². The highest BCUT2D eigenvalue weighted by atomic mass is 14.2. The van der Waals surface area contributed by atoms with Gasteiger partial charge in [-0.25, -0.2) is 0 Å². The highest BCUT2D eigenvalue weighted by Crippen LogP contribution is 2.31. The first-order chi connectivity index (χ1) is 7.82. The summed E-state index contributed by atoms with van der Waals surface area (Å²) in [4.78, 5) is 0. The van der Waals surface area contributed by atoms with Crippen LogP contribution in [0.4, 0.5) is 0 Å². The molecule has 0 aliphatic carbocycles. The van der Waals surface area contributed by atoms with E-state index in [0.717, 1.165) is 0 Å². The number of benzene rings is 1. The molecule has 0 aromatic heterocycles. The van der Waals surface area contributed by atoms with E-state index in [2.05, 4.69) is 83.3 Å². The second-order valence-corrected chi connectivity index (χ2v) is 8.55. The first-order valence-corrected chi connectivity index (χ1v) is 6.98. The molecule has 0 nitrogen and oxygen atoms in total. The van der Waals surface area contributed by atoms with Crippen LogP contribution in [-0.2, 0) is 15.9 Å². The summed E-state index contributed by atoms with van der Waals surface area (Å²) in [6.07, 6.45) is 0. The van der Waals surface area contributed by atoms with Gasteiger partial charge in [-0.2, -0.15) is 0 Å². The molecule has 1 aromatic rings. The van der Waals surface area contributed by atoms with Crippen LogP contribution in [0.5, 0.6) is 0 Å². The molecule has 0 aliphatic heterocycles. The lowest BCUT2D eigenvalue weighted by atomic mass is 9.60. The summed E-state index contributed by atoms with van der Waals surface area (Å²) in [5, 5.41) is 0.629. The highest BCUT2D eigenvalue weighted by molar-refractivity contribution is 6.17. The first-order valence-electron chi connectivity index (χ1n) is 6.98. The van der Waals surface area contributed by atoms with Gasteiger partial charge in [-0.15, -0.1) is 0 Å². The van der Waals surface area contributed by atoms with Crippen molar-refractivity contribution < 1.29 is 0 Å². The molecule has 0 radical (unpaired) electrons. The fraction of sp³-hybridized carbons (Fsp3) is 0.600. The Morgan fingerprint density at radius 2 is 0.722 bits per heavy atom. The molecule has 0 saturated carbocycles. The van der Waals surface area contributed by atoms with Crippen LogP contribution in [0.25, 0.3) is 0 Å². The van der Waals surface area contributed by atoms with E-state index in [4.69, 9.17) is 0 Å². The van der Waals surface area contributed by atoms with Crippen molar-refractivity contribution in [3.05, 3.63) is 34.9 Å². The topological polar surface area (TPSA) is 0 Å². The summed E-state index contributed by atoms with van der Waals surface area (Å²) >= 11 is 0. The minimum Gasteiger partial charge on any atom is -0.0632 e. The van der Waals surface area contributed by atoms with Crippen molar-refractivity contribution in [1.29, 1.82) is 0 Å². The molecule has 3 heteroatoms. The van der Waals surface area contributed by atoms with E-state index in [1.165, 1.54) is 16.7 Å². The van der Waals surface area contributed by atoms with E-state index in [0.29, 0.717) is 0 Å². The molecule has 0 aliphatic rings. The fourth-order valence-electron chi connectivity index (χ4n) is 1.93. The first kappa shape index (κ1) is 15.5. The molecule has 0 bridgehead atoms. The summed E-state index contributed by atoms with van der Waals surface area (Å²) in [7, 11) is 6.88. The standard InChI is InChI=1S/C15H27B3/c1-13(2,16)10-7-11(14(3,4)17)9-12(8-10)15(5,6)18/h7-9H,16-18H2,1-6H3. The van der Waals surface area contributed by atoms with Gasteiger partial charge in [-0.3, -0.25) is 0 Å². The third-order valence-electron chi connectivity index (χ3n) is 3.53. The smallest absolute Gasteiger partial charge is 0.0632 e. The van der Waals surface area contributed by atoms with Crippen LogP contribution in [0.15, 0.2) is 18.2 Å². The largest absolute Gasteiger partial charge is 0.114 e. The summed E-state index contributed by atoms with van der Waals surface area (Å²) in [5.41, 5.74) is 4.33. The third kappa shape index (κ3) is 3.70. The Labute approximate surface area is 116 Å². The summed E-state index contributed by atoms with van der Waals surface area (Å²) in [6.45, 7) is 13.8.